The van der Waals surface area contributed by atoms with E-state index in [0.717, 1.165) is 28.6 Å². The first-order valence-corrected chi connectivity index (χ1v) is 8.46. The van der Waals surface area contributed by atoms with Gasteiger partial charge in [0.05, 0.1) is 11.7 Å². The minimum absolute atomic E-state index is 0.106. The van der Waals surface area contributed by atoms with Gasteiger partial charge in [-0.05, 0) is 42.7 Å². The van der Waals surface area contributed by atoms with Gasteiger partial charge in [-0.3, -0.25) is 4.68 Å². The van der Waals surface area contributed by atoms with E-state index in [-0.39, 0.29) is 6.04 Å². The summed E-state index contributed by atoms with van der Waals surface area (Å²) >= 11 is 9.52. The van der Waals surface area contributed by atoms with Gasteiger partial charge < -0.3 is 5.73 Å². The third-order valence-corrected chi connectivity index (χ3v) is 4.40. The van der Waals surface area contributed by atoms with Crippen molar-refractivity contribution in [3.63, 3.8) is 0 Å². The van der Waals surface area contributed by atoms with E-state index >= 15 is 0 Å². The Balaban J connectivity index is 2.10. The highest BCUT2D eigenvalue weighted by atomic mass is 79.9. The molecule has 3 nitrogen and oxygen atoms in total. The van der Waals surface area contributed by atoms with E-state index in [2.05, 4.69) is 45.6 Å². The van der Waals surface area contributed by atoms with E-state index in [0.29, 0.717) is 17.5 Å². The molecule has 0 fully saturated rings. The van der Waals surface area contributed by atoms with E-state index in [1.165, 1.54) is 0 Å². The van der Waals surface area contributed by atoms with Gasteiger partial charge in [-0.1, -0.05) is 41.4 Å². The number of nitrogens with zero attached hydrogens (tertiary/aromatic N) is 2. The van der Waals surface area contributed by atoms with Crippen molar-refractivity contribution >= 4 is 27.5 Å². The van der Waals surface area contributed by atoms with E-state index in [1.807, 2.05) is 24.4 Å². The van der Waals surface area contributed by atoms with Crippen LogP contribution in [-0.4, -0.2) is 9.78 Å². The first-order valence-electron chi connectivity index (χ1n) is 7.29. The largest absolute Gasteiger partial charge is 0.324 e. The molecule has 0 aliphatic rings. The summed E-state index contributed by atoms with van der Waals surface area (Å²) < 4.78 is 3.00. The van der Waals surface area contributed by atoms with E-state index in [9.17, 15) is 0 Å². The first-order chi connectivity index (χ1) is 10.0. The van der Waals surface area contributed by atoms with Crippen LogP contribution in [0.4, 0.5) is 0 Å². The lowest BCUT2D eigenvalue weighted by Gasteiger charge is -2.14. The van der Waals surface area contributed by atoms with Crippen LogP contribution in [-0.2, 0) is 6.42 Å². The fourth-order valence-electron chi connectivity index (χ4n) is 2.48. The number of halogens is 2. The van der Waals surface area contributed by atoms with Crippen LogP contribution in [0.25, 0.3) is 0 Å². The number of nitrogens with two attached hydrogens (primary N) is 1. The summed E-state index contributed by atoms with van der Waals surface area (Å²) in [6.07, 6.45) is 4.93. The molecule has 1 aromatic heterocycles. The van der Waals surface area contributed by atoms with Crippen molar-refractivity contribution in [2.24, 2.45) is 5.73 Å². The van der Waals surface area contributed by atoms with Gasteiger partial charge in [-0.15, -0.1) is 0 Å². The fourth-order valence-corrected chi connectivity index (χ4v) is 3.37. The molecule has 1 aromatic carbocycles. The molecule has 0 aliphatic heterocycles. The lowest BCUT2D eigenvalue weighted by atomic mass is 10.0. The lowest BCUT2D eigenvalue weighted by Crippen LogP contribution is -2.14. The Morgan fingerprint density at radius 3 is 2.62 bits per heavy atom. The lowest BCUT2D eigenvalue weighted by molar-refractivity contribution is 0.424. The fraction of sp³-hybridized carbons (Fsp3) is 0.438. The maximum atomic E-state index is 6.29. The molecule has 2 rings (SSSR count). The summed E-state index contributed by atoms with van der Waals surface area (Å²) in [6, 6.07) is 8.20. The van der Waals surface area contributed by atoms with E-state index in [4.69, 9.17) is 17.3 Å². The van der Waals surface area contributed by atoms with Crippen LogP contribution in [0, 0.1) is 0 Å². The number of rotatable bonds is 6. The summed E-state index contributed by atoms with van der Waals surface area (Å²) in [5, 5.41) is 5.35. The molecule has 0 bridgehead atoms. The zero-order valence-corrected chi connectivity index (χ0v) is 14.7. The van der Waals surface area contributed by atoms with Gasteiger partial charge in [0, 0.05) is 28.2 Å². The molecule has 1 unspecified atom stereocenters. The standard InChI is InChI=1S/C16H21BrClN3/c1-3-15(4-2)21-6-5-14(20-21)10-16(19)11-7-12(17)9-13(18)8-11/h5-9,15-16H,3-4,10,19H2,1-2H3. The van der Waals surface area contributed by atoms with Crippen molar-refractivity contribution < 1.29 is 0 Å². The Bertz CT molecular complexity index is 573. The molecule has 5 heteroatoms. The molecule has 21 heavy (non-hydrogen) atoms. The van der Waals surface area contributed by atoms with Crippen molar-refractivity contribution in [2.75, 3.05) is 0 Å². The maximum Gasteiger partial charge on any atom is 0.0643 e. The predicted octanol–water partition coefficient (Wildman–Crippen LogP) is 4.90. The Kier molecular flexibility index (Phi) is 5.85. The van der Waals surface area contributed by atoms with Crippen LogP contribution >= 0.6 is 27.5 Å². The molecular formula is C16H21BrClN3. The van der Waals surface area contributed by atoms with Gasteiger partial charge in [-0.25, -0.2) is 0 Å². The van der Waals surface area contributed by atoms with Gasteiger partial charge in [0.25, 0.3) is 0 Å². The van der Waals surface area contributed by atoms with Crippen molar-refractivity contribution in [1.29, 1.82) is 0 Å². The zero-order chi connectivity index (χ0) is 15.4. The van der Waals surface area contributed by atoms with Gasteiger partial charge in [0.1, 0.15) is 0 Å². The molecule has 1 atom stereocenters. The Hall–Kier alpha value is -0.840. The van der Waals surface area contributed by atoms with Gasteiger partial charge in [-0.2, -0.15) is 5.10 Å². The van der Waals surface area contributed by atoms with Crippen LogP contribution in [0.2, 0.25) is 5.02 Å². The minimum atomic E-state index is -0.106. The molecule has 0 spiro atoms. The summed E-state index contributed by atoms with van der Waals surface area (Å²) in [4.78, 5) is 0. The summed E-state index contributed by atoms with van der Waals surface area (Å²) in [5.41, 5.74) is 8.33. The molecule has 0 aliphatic carbocycles. The smallest absolute Gasteiger partial charge is 0.0643 e. The Labute approximate surface area is 139 Å². The summed E-state index contributed by atoms with van der Waals surface area (Å²) in [5.74, 6) is 0. The highest BCUT2D eigenvalue weighted by molar-refractivity contribution is 9.10. The van der Waals surface area contributed by atoms with Crippen molar-refractivity contribution in [3.05, 3.63) is 51.2 Å². The highest BCUT2D eigenvalue weighted by Crippen LogP contribution is 2.25. The quantitative estimate of drug-likeness (QED) is 0.785. The number of hydrogen-bond donors (Lipinski definition) is 1. The number of benzene rings is 1. The van der Waals surface area contributed by atoms with Gasteiger partial charge >= 0.3 is 0 Å². The van der Waals surface area contributed by atoms with Crippen molar-refractivity contribution in [2.45, 2.75) is 45.2 Å². The molecule has 2 N–H and O–H groups in total. The maximum absolute atomic E-state index is 6.29. The molecule has 0 amide bonds. The van der Waals surface area contributed by atoms with Crippen LogP contribution in [0.15, 0.2) is 34.9 Å². The van der Waals surface area contributed by atoms with Crippen LogP contribution in [0.1, 0.15) is 50.0 Å². The Morgan fingerprint density at radius 2 is 2.00 bits per heavy atom. The molecule has 114 valence electrons. The molecule has 1 heterocycles. The second-order valence-electron chi connectivity index (χ2n) is 5.27. The van der Waals surface area contributed by atoms with Crippen LogP contribution < -0.4 is 5.73 Å². The second-order valence-corrected chi connectivity index (χ2v) is 6.62. The SMILES string of the molecule is CCC(CC)n1ccc(CC(N)c2cc(Cl)cc(Br)c2)n1. The average molecular weight is 371 g/mol. The molecule has 0 saturated heterocycles. The monoisotopic (exact) mass is 369 g/mol. The van der Waals surface area contributed by atoms with Crippen LogP contribution in [0.5, 0.6) is 0 Å². The first kappa shape index (κ1) is 16.5. The number of aromatic nitrogens is 2. The van der Waals surface area contributed by atoms with Crippen molar-refractivity contribution in [1.82, 2.24) is 9.78 Å². The second kappa shape index (κ2) is 7.43. The summed E-state index contributed by atoms with van der Waals surface area (Å²) in [6.45, 7) is 4.37. The molecule has 2 aromatic rings. The number of hydrogen-bond acceptors (Lipinski definition) is 2. The molecule has 0 saturated carbocycles. The summed E-state index contributed by atoms with van der Waals surface area (Å²) in [7, 11) is 0. The van der Waals surface area contributed by atoms with E-state index in [1.54, 1.807) is 0 Å². The third kappa shape index (κ3) is 4.31. The van der Waals surface area contributed by atoms with Crippen LogP contribution in [0.3, 0.4) is 0 Å². The van der Waals surface area contributed by atoms with Gasteiger partial charge in [0.15, 0.2) is 0 Å². The predicted molar refractivity (Wildman–Crippen MR) is 91.6 cm³/mol. The molecule has 0 radical (unpaired) electrons. The topological polar surface area (TPSA) is 43.8 Å². The molecular weight excluding hydrogens is 350 g/mol. The van der Waals surface area contributed by atoms with Gasteiger partial charge in [0.2, 0.25) is 0 Å². The third-order valence-electron chi connectivity index (χ3n) is 3.72. The van der Waals surface area contributed by atoms with Crippen molar-refractivity contribution in [3.8, 4) is 0 Å². The minimum Gasteiger partial charge on any atom is -0.324 e. The normalized spacial score (nSPS) is 12.9. The zero-order valence-electron chi connectivity index (χ0n) is 12.4. The Morgan fingerprint density at radius 1 is 1.29 bits per heavy atom. The highest BCUT2D eigenvalue weighted by Gasteiger charge is 2.13. The van der Waals surface area contributed by atoms with E-state index < -0.39 is 0 Å². The average Bonchev–Trinajstić information content (AvgIpc) is 2.87.